The fourth-order valence-electron chi connectivity index (χ4n) is 2.50. The Balaban J connectivity index is 2.08. The molecule has 0 radical (unpaired) electrons. The summed E-state index contributed by atoms with van der Waals surface area (Å²) < 4.78 is 0. The Morgan fingerprint density at radius 3 is 2.67 bits per heavy atom. The molecule has 2 rings (SSSR count). The topological polar surface area (TPSA) is 40.5 Å². The fraction of sp³-hybridized carbons (Fsp3) is 0.533. The van der Waals surface area contributed by atoms with Gasteiger partial charge in [-0.05, 0) is 49.8 Å². The van der Waals surface area contributed by atoms with E-state index in [9.17, 15) is 4.79 Å². The van der Waals surface area contributed by atoms with Crippen LogP contribution in [-0.4, -0.2) is 24.2 Å². The smallest absolute Gasteiger partial charge is 0.303 e. The summed E-state index contributed by atoms with van der Waals surface area (Å²) in [6, 6.07) is 8.42. The largest absolute Gasteiger partial charge is 0.481 e. The predicted octanol–water partition coefficient (Wildman–Crippen LogP) is 3.08. The minimum atomic E-state index is -0.673. The van der Waals surface area contributed by atoms with Crippen LogP contribution in [0.3, 0.4) is 0 Å². The van der Waals surface area contributed by atoms with Crippen molar-refractivity contribution in [3.63, 3.8) is 0 Å². The summed E-state index contributed by atoms with van der Waals surface area (Å²) in [5.41, 5.74) is 2.47. The molecule has 18 heavy (non-hydrogen) atoms. The van der Waals surface area contributed by atoms with Gasteiger partial charge in [0.05, 0.1) is 6.42 Å². The van der Waals surface area contributed by atoms with Crippen molar-refractivity contribution < 1.29 is 9.90 Å². The Hall–Kier alpha value is -1.51. The van der Waals surface area contributed by atoms with E-state index in [1.54, 1.807) is 0 Å². The number of nitrogens with zero attached hydrogens (tertiary/aromatic N) is 1. The molecule has 0 unspecified atom stereocenters. The Kier molecular flexibility index (Phi) is 3.60. The first-order valence-corrected chi connectivity index (χ1v) is 6.58. The van der Waals surface area contributed by atoms with E-state index in [1.807, 2.05) is 0 Å². The lowest BCUT2D eigenvalue weighted by molar-refractivity contribution is -0.138. The average Bonchev–Trinajstić information content (AvgIpc) is 3.05. The number of benzene rings is 1. The fourth-order valence-corrected chi connectivity index (χ4v) is 2.50. The molecule has 0 atom stereocenters. The van der Waals surface area contributed by atoms with E-state index in [4.69, 9.17) is 5.11 Å². The molecular weight excluding hydrogens is 226 g/mol. The first kappa shape index (κ1) is 12.9. The molecule has 0 spiro atoms. The summed E-state index contributed by atoms with van der Waals surface area (Å²) >= 11 is 0. The van der Waals surface area contributed by atoms with Crippen LogP contribution in [0, 0.1) is 12.3 Å². The number of carboxylic acid groups (broad SMARTS) is 1. The van der Waals surface area contributed by atoms with Crippen LogP contribution in [0.5, 0.6) is 0 Å². The van der Waals surface area contributed by atoms with Gasteiger partial charge in [-0.25, -0.2) is 0 Å². The molecule has 0 amide bonds. The highest BCUT2D eigenvalue weighted by molar-refractivity contribution is 5.68. The molecule has 1 aromatic rings. The number of aliphatic carboxylic acids is 1. The van der Waals surface area contributed by atoms with E-state index in [0.717, 1.165) is 25.9 Å². The van der Waals surface area contributed by atoms with Crippen molar-refractivity contribution in [1.82, 2.24) is 0 Å². The van der Waals surface area contributed by atoms with E-state index in [1.165, 1.54) is 11.3 Å². The summed E-state index contributed by atoms with van der Waals surface area (Å²) in [6.45, 7) is 5.99. The SMILES string of the molecule is CCN(CC1(CC(=O)O)CC1)c1cccc(C)c1. The second kappa shape index (κ2) is 5.01. The lowest BCUT2D eigenvalue weighted by Crippen LogP contribution is -2.31. The minimum absolute atomic E-state index is 0.0194. The number of aryl methyl sites for hydroxylation is 1. The molecule has 1 aromatic carbocycles. The van der Waals surface area contributed by atoms with Crippen molar-refractivity contribution in [2.24, 2.45) is 5.41 Å². The van der Waals surface area contributed by atoms with Gasteiger partial charge in [0.15, 0.2) is 0 Å². The molecule has 1 N–H and O–H groups in total. The lowest BCUT2D eigenvalue weighted by atomic mass is 10.0. The number of hydrogen-bond acceptors (Lipinski definition) is 2. The molecule has 1 aliphatic carbocycles. The van der Waals surface area contributed by atoms with Crippen LogP contribution in [0.25, 0.3) is 0 Å². The van der Waals surface area contributed by atoms with Gasteiger partial charge >= 0.3 is 5.97 Å². The molecule has 3 heteroatoms. The van der Waals surface area contributed by atoms with Crippen molar-refractivity contribution in [2.45, 2.75) is 33.1 Å². The second-order valence-corrected chi connectivity index (χ2v) is 5.42. The normalized spacial score (nSPS) is 16.3. The van der Waals surface area contributed by atoms with Gasteiger partial charge in [0, 0.05) is 18.8 Å². The maximum atomic E-state index is 10.9. The van der Waals surface area contributed by atoms with Gasteiger partial charge in [0.1, 0.15) is 0 Å². The number of anilines is 1. The lowest BCUT2D eigenvalue weighted by Gasteiger charge is -2.28. The van der Waals surface area contributed by atoms with Crippen LogP contribution in [-0.2, 0) is 4.79 Å². The van der Waals surface area contributed by atoms with E-state index in [2.05, 4.69) is 43.0 Å². The molecule has 0 aromatic heterocycles. The number of carbonyl (C=O) groups is 1. The first-order chi connectivity index (χ1) is 8.54. The summed E-state index contributed by atoms with van der Waals surface area (Å²) in [5, 5.41) is 8.97. The van der Waals surface area contributed by atoms with Gasteiger partial charge in [-0.1, -0.05) is 12.1 Å². The monoisotopic (exact) mass is 247 g/mol. The second-order valence-electron chi connectivity index (χ2n) is 5.42. The van der Waals surface area contributed by atoms with E-state index in [0.29, 0.717) is 6.42 Å². The van der Waals surface area contributed by atoms with E-state index < -0.39 is 5.97 Å². The predicted molar refractivity (Wildman–Crippen MR) is 73.0 cm³/mol. The van der Waals surface area contributed by atoms with Crippen molar-refractivity contribution in [2.75, 3.05) is 18.0 Å². The quantitative estimate of drug-likeness (QED) is 0.839. The van der Waals surface area contributed by atoms with Crippen molar-refractivity contribution in [1.29, 1.82) is 0 Å². The van der Waals surface area contributed by atoms with Crippen LogP contribution >= 0.6 is 0 Å². The van der Waals surface area contributed by atoms with Gasteiger partial charge in [-0.2, -0.15) is 0 Å². The molecule has 98 valence electrons. The van der Waals surface area contributed by atoms with Crippen LogP contribution in [0.1, 0.15) is 31.7 Å². The maximum absolute atomic E-state index is 10.9. The Morgan fingerprint density at radius 2 is 2.17 bits per heavy atom. The highest BCUT2D eigenvalue weighted by atomic mass is 16.4. The molecule has 1 fully saturated rings. The zero-order valence-corrected chi connectivity index (χ0v) is 11.1. The highest BCUT2D eigenvalue weighted by Gasteiger charge is 2.45. The van der Waals surface area contributed by atoms with Gasteiger partial charge < -0.3 is 10.0 Å². The van der Waals surface area contributed by atoms with Crippen LogP contribution in [0.15, 0.2) is 24.3 Å². The Labute approximate surface area is 108 Å². The number of carboxylic acids is 1. The summed E-state index contributed by atoms with van der Waals surface area (Å²) in [6.07, 6.45) is 2.39. The zero-order valence-electron chi connectivity index (χ0n) is 11.1. The maximum Gasteiger partial charge on any atom is 0.303 e. The van der Waals surface area contributed by atoms with Gasteiger partial charge in [0.2, 0.25) is 0 Å². The van der Waals surface area contributed by atoms with Crippen molar-refractivity contribution >= 4 is 11.7 Å². The zero-order chi connectivity index (χ0) is 13.2. The van der Waals surface area contributed by atoms with Crippen LogP contribution in [0.2, 0.25) is 0 Å². The molecular formula is C15H21NO2. The number of rotatable bonds is 6. The molecule has 0 bridgehead atoms. The Bertz CT molecular complexity index is 438. The third-order valence-electron chi connectivity index (χ3n) is 3.76. The van der Waals surface area contributed by atoms with Crippen LogP contribution in [0.4, 0.5) is 5.69 Å². The summed E-state index contributed by atoms with van der Waals surface area (Å²) in [7, 11) is 0. The molecule has 1 saturated carbocycles. The third-order valence-corrected chi connectivity index (χ3v) is 3.76. The molecule has 1 aliphatic rings. The van der Waals surface area contributed by atoms with Gasteiger partial charge in [-0.15, -0.1) is 0 Å². The molecule has 0 aliphatic heterocycles. The van der Waals surface area contributed by atoms with Gasteiger partial charge in [-0.3, -0.25) is 4.79 Å². The summed E-state index contributed by atoms with van der Waals surface area (Å²) in [4.78, 5) is 13.2. The first-order valence-electron chi connectivity index (χ1n) is 6.58. The molecule has 0 heterocycles. The van der Waals surface area contributed by atoms with Gasteiger partial charge in [0.25, 0.3) is 0 Å². The van der Waals surface area contributed by atoms with E-state index >= 15 is 0 Å². The third kappa shape index (κ3) is 3.03. The minimum Gasteiger partial charge on any atom is -0.481 e. The molecule has 3 nitrogen and oxygen atoms in total. The highest BCUT2D eigenvalue weighted by Crippen LogP contribution is 2.49. The van der Waals surface area contributed by atoms with Crippen molar-refractivity contribution in [3.8, 4) is 0 Å². The summed E-state index contributed by atoms with van der Waals surface area (Å²) in [5.74, 6) is -0.673. The average molecular weight is 247 g/mol. The van der Waals surface area contributed by atoms with E-state index in [-0.39, 0.29) is 5.41 Å². The standard InChI is InChI=1S/C15H21NO2/c1-3-16(13-6-4-5-12(2)9-13)11-15(7-8-15)10-14(17)18/h4-6,9H,3,7-8,10-11H2,1-2H3,(H,17,18). The van der Waals surface area contributed by atoms with Crippen molar-refractivity contribution in [3.05, 3.63) is 29.8 Å². The van der Waals surface area contributed by atoms with Crippen LogP contribution < -0.4 is 4.90 Å². The molecule has 0 saturated heterocycles. The Morgan fingerprint density at radius 1 is 1.44 bits per heavy atom. The number of hydrogen-bond donors (Lipinski definition) is 1.